The fourth-order valence-corrected chi connectivity index (χ4v) is 12.7. The van der Waals surface area contributed by atoms with Gasteiger partial charge in [-0.2, -0.15) is 0 Å². The molecule has 0 aliphatic carbocycles. The Morgan fingerprint density at radius 3 is 0.922 bits per heavy atom. The number of ether oxygens (including phenoxy) is 16. The summed E-state index contributed by atoms with van der Waals surface area (Å²) in [6.07, 6.45) is -93.2. The van der Waals surface area contributed by atoms with E-state index in [9.17, 15) is 153 Å². The molecule has 30 N–H and O–H groups in total. The van der Waals surface area contributed by atoms with Gasteiger partial charge >= 0.3 is 0 Å². The third kappa shape index (κ3) is 19.0. The van der Waals surface area contributed by atoms with Crippen LogP contribution in [0.15, 0.2) is 0 Å². The van der Waals surface area contributed by atoms with Crippen molar-refractivity contribution in [1.82, 2.24) is 5.32 Å². The zero-order valence-corrected chi connectivity index (χ0v) is 54.4. The Morgan fingerprint density at radius 1 is 0.311 bits per heavy atom. The predicted molar refractivity (Wildman–Crippen MR) is 311 cm³/mol. The van der Waals surface area contributed by atoms with Crippen molar-refractivity contribution >= 4 is 5.91 Å². The van der Waals surface area contributed by atoms with Crippen molar-refractivity contribution in [3.63, 3.8) is 0 Å². The van der Waals surface area contributed by atoms with E-state index in [1.165, 1.54) is 0 Å². The lowest BCUT2D eigenvalue weighted by Crippen LogP contribution is -2.68. The fourth-order valence-electron chi connectivity index (χ4n) is 12.7. The Labute approximate surface area is 581 Å². The molecule has 8 aliphatic heterocycles. The van der Waals surface area contributed by atoms with E-state index in [2.05, 4.69) is 5.32 Å². The van der Waals surface area contributed by atoms with E-state index in [0.29, 0.717) is 0 Å². The maximum absolute atomic E-state index is 12.3. The molecule has 8 saturated heterocycles. The lowest BCUT2D eigenvalue weighted by atomic mass is 9.95. The zero-order chi connectivity index (χ0) is 76.1. The molecular weight excluding hydrogens is 1420 g/mol. The molecule has 44 atom stereocenters. The summed E-state index contributed by atoms with van der Waals surface area (Å²) in [4.78, 5) is 12.2. The van der Waals surface area contributed by atoms with Crippen LogP contribution in [0.4, 0.5) is 0 Å². The summed E-state index contributed by atoms with van der Waals surface area (Å²) in [6, 6.07) is -1.75. The van der Waals surface area contributed by atoms with Crippen molar-refractivity contribution in [2.24, 2.45) is 0 Å². The van der Waals surface area contributed by atoms with Crippen LogP contribution in [0, 0.1) is 0 Å². The molecule has 1 unspecified atom stereocenters. The molecule has 602 valence electrons. The van der Waals surface area contributed by atoms with Crippen LogP contribution in [0.25, 0.3) is 0 Å². The van der Waals surface area contributed by atoms with Gasteiger partial charge in [-0.1, -0.05) is 0 Å². The molecule has 8 aliphatic rings. The third-order valence-electron chi connectivity index (χ3n) is 18.8. The molecule has 8 rings (SSSR count). The molecule has 8 fully saturated rings. The van der Waals surface area contributed by atoms with Crippen molar-refractivity contribution in [2.75, 3.05) is 66.1 Å². The molecule has 0 radical (unpaired) electrons. The van der Waals surface area contributed by atoms with Gasteiger partial charge < -0.3 is 229 Å². The Kier molecular flexibility index (Phi) is 31.9. The van der Waals surface area contributed by atoms with E-state index in [1.54, 1.807) is 0 Å². The molecule has 0 aromatic carbocycles. The normalized spacial score (nSPS) is 49.1. The summed E-state index contributed by atoms with van der Waals surface area (Å²) in [6.45, 7) is -10.3. The lowest BCUT2D eigenvalue weighted by Gasteiger charge is -2.49. The van der Waals surface area contributed by atoms with Crippen LogP contribution in [0.5, 0.6) is 0 Å². The second-order valence-corrected chi connectivity index (χ2v) is 25.8. The van der Waals surface area contributed by atoms with E-state index in [1.807, 2.05) is 0 Å². The smallest absolute Gasteiger partial charge is 0.217 e. The number of aliphatic hydroxyl groups is 29. The van der Waals surface area contributed by atoms with E-state index < -0.39 is 342 Å². The van der Waals surface area contributed by atoms with E-state index in [4.69, 9.17) is 75.8 Å². The molecule has 0 saturated carbocycles. The van der Waals surface area contributed by atoms with Crippen LogP contribution < -0.4 is 5.32 Å². The summed E-state index contributed by atoms with van der Waals surface area (Å²) in [7, 11) is 0. The highest BCUT2D eigenvalue weighted by Gasteiger charge is 2.59. The van der Waals surface area contributed by atoms with Gasteiger partial charge in [0, 0.05) is 6.92 Å². The summed E-state index contributed by atoms with van der Waals surface area (Å²) >= 11 is 0. The van der Waals surface area contributed by atoms with E-state index >= 15 is 0 Å². The Hall–Kier alpha value is -2.33. The number of nitrogens with one attached hydrogen (secondary N) is 1. The summed E-state index contributed by atoms with van der Waals surface area (Å²) < 4.78 is 92.5. The van der Waals surface area contributed by atoms with Crippen molar-refractivity contribution in [2.45, 2.75) is 277 Å². The van der Waals surface area contributed by atoms with Gasteiger partial charge in [0.15, 0.2) is 50.3 Å². The quantitative estimate of drug-likeness (QED) is 0.0318. The molecule has 47 heteroatoms. The van der Waals surface area contributed by atoms with E-state index in [0.717, 1.165) is 6.92 Å². The number of hydrogen-bond donors (Lipinski definition) is 30. The van der Waals surface area contributed by atoms with Gasteiger partial charge in [-0.15, -0.1) is 0 Å². The summed E-state index contributed by atoms with van der Waals surface area (Å²) in [5, 5.41) is 318. The molecule has 0 bridgehead atoms. The molecule has 0 aromatic heterocycles. The first-order valence-electron chi connectivity index (χ1n) is 32.6. The number of aliphatic hydroxyl groups excluding tert-OH is 29. The minimum absolute atomic E-state index is 0.875. The molecule has 1 amide bonds. The van der Waals surface area contributed by atoms with Gasteiger partial charge in [-0.25, -0.2) is 0 Å². The zero-order valence-electron chi connectivity index (χ0n) is 54.4. The molecule has 47 nitrogen and oxygen atoms in total. The van der Waals surface area contributed by atoms with Crippen molar-refractivity contribution in [3.8, 4) is 0 Å². The molecule has 8 heterocycles. The van der Waals surface area contributed by atoms with Gasteiger partial charge in [-0.05, 0) is 0 Å². The molecular formula is C56H97NO46. The SMILES string of the molecule is CC(=O)N[C@@H](CO)[C@@H](O)[C@H](O[C@@H]1O[C@H](CO[C@H]2O[C@H](CO[C@H]3O[C@H](CO)[C@@H](O)[C@H](O)[C@@H]3O[C@H]3O[C@H](CO)[C@@H](O)[C@H](O)[C@@H]3O)[C@@H](O)[C@H](O[C@H]3O[C@H](CO)[C@@H](O)[C@H](O)[C@@H]3O[C@H]3O[C@H](CO)[C@@H](O)[C@H](O)[C@@H]3O)[C@@H]2O)[C@@H](O)[C@H](O[C@H]2O[C@H](CO)[C@@H](O)[C@H](O)[C@@H]2OC2O[C@H](CO)[C@@H](O)[C@H](O)[C@@H]2O)[C@@H]1O)[C@H](O)CO. The number of rotatable bonds is 30. The predicted octanol–water partition coefficient (Wildman–Crippen LogP) is -20.8. The maximum atomic E-state index is 12.3. The second-order valence-electron chi connectivity index (χ2n) is 25.8. The highest BCUT2D eigenvalue weighted by atomic mass is 16.8. The van der Waals surface area contributed by atoms with Crippen molar-refractivity contribution in [1.29, 1.82) is 0 Å². The van der Waals surface area contributed by atoms with Gasteiger partial charge in [-0.3, -0.25) is 4.79 Å². The maximum Gasteiger partial charge on any atom is 0.217 e. The van der Waals surface area contributed by atoms with Gasteiger partial charge in [0.05, 0.1) is 72.1 Å². The summed E-state index contributed by atoms with van der Waals surface area (Å²) in [5.41, 5.74) is 0. The van der Waals surface area contributed by atoms with Crippen LogP contribution in [-0.2, 0) is 80.6 Å². The topological polar surface area (TPSA) is 763 Å². The Morgan fingerprint density at radius 2 is 0.592 bits per heavy atom. The van der Waals surface area contributed by atoms with Gasteiger partial charge in [0.25, 0.3) is 0 Å². The highest BCUT2D eigenvalue weighted by Crippen LogP contribution is 2.39. The number of amides is 1. The van der Waals surface area contributed by atoms with Crippen LogP contribution in [0.3, 0.4) is 0 Å². The largest absolute Gasteiger partial charge is 0.394 e. The first-order chi connectivity index (χ1) is 48.7. The first-order valence-corrected chi connectivity index (χ1v) is 32.6. The third-order valence-corrected chi connectivity index (χ3v) is 18.8. The van der Waals surface area contributed by atoms with Crippen LogP contribution in [0.1, 0.15) is 6.92 Å². The van der Waals surface area contributed by atoms with Gasteiger partial charge in [0.2, 0.25) is 5.91 Å². The van der Waals surface area contributed by atoms with Crippen LogP contribution in [0.2, 0.25) is 0 Å². The van der Waals surface area contributed by atoms with E-state index in [-0.39, 0.29) is 0 Å². The minimum Gasteiger partial charge on any atom is -0.394 e. The standard InChI is InChI=1S/C56H97NO46/c1-12(66)57-13(2-58)23(68)43(14(67)3-59)98-53-42(87)45(100-56-48(37(82)29(74)20(9-65)95-56)103-52-40(85)34(79)26(71)17(6-62)92-52)31(76)22(97-53)10-88-49-41(86)44(99-55-47(36(81)28(73)19(8-64)94-55)102-51-39(84)33(78)25(70)16(5-61)91-51)30(75)21(96-49)11-89-54-46(35(80)27(72)18(7-63)93-54)101-50-38(83)32(77)24(69)15(4-60)90-50/h13-56,58-65,67-87H,2-11H2,1H3,(H,57,66)/t13-,14+,15+,16+,17+,18+,19+,20+,21+,22+,23+,24+,25+,26+,27+,28+,29+,30+,31+,32-,33-,34-,35-,36-,37-,38-,39-,40-,41-,42-,43+,44-,45-,46-,47-,48-,49-,50+,51+,52?,53-,54-,55+,56+/m0/s1. The fraction of sp³-hybridized carbons (Fsp3) is 0.982. The number of hydrogen-bond acceptors (Lipinski definition) is 46. The second kappa shape index (κ2) is 38.1. The molecule has 0 spiro atoms. The Bertz CT molecular complexity index is 2530. The van der Waals surface area contributed by atoms with Crippen LogP contribution in [-0.4, -0.2) is 490 Å². The molecule has 103 heavy (non-hydrogen) atoms. The minimum atomic E-state index is -2.55. The average Bonchev–Trinajstić information content (AvgIpc) is 0.770. The summed E-state index contributed by atoms with van der Waals surface area (Å²) in [5.74, 6) is -0.875. The van der Waals surface area contributed by atoms with Crippen LogP contribution >= 0.6 is 0 Å². The lowest BCUT2D eigenvalue weighted by molar-refractivity contribution is -0.399. The Balaban J connectivity index is 1.16. The molecule has 0 aromatic rings. The highest BCUT2D eigenvalue weighted by molar-refractivity contribution is 5.73. The monoisotopic (exact) mass is 1520 g/mol. The van der Waals surface area contributed by atoms with Crippen molar-refractivity contribution in [3.05, 3.63) is 0 Å². The first kappa shape index (κ1) is 86.3. The number of carbonyl (C=O) groups is 1. The average molecular weight is 1520 g/mol. The van der Waals surface area contributed by atoms with Gasteiger partial charge in [0.1, 0.15) is 214 Å². The number of carbonyl (C=O) groups excluding carboxylic acids is 1. The van der Waals surface area contributed by atoms with Crippen molar-refractivity contribution < 1.29 is 229 Å².